The van der Waals surface area contributed by atoms with Gasteiger partial charge in [-0.25, -0.2) is 0 Å². The van der Waals surface area contributed by atoms with E-state index in [0.29, 0.717) is 12.1 Å². The number of ether oxygens (including phenoxy) is 2. The maximum atomic E-state index is 6.00. The third kappa shape index (κ3) is 3.42. The first-order valence-corrected chi connectivity index (χ1v) is 8.50. The van der Waals surface area contributed by atoms with Gasteiger partial charge in [-0.2, -0.15) is 0 Å². The van der Waals surface area contributed by atoms with Crippen LogP contribution in [0.1, 0.15) is 35.9 Å². The molecule has 1 N–H and O–H groups in total. The molecular formula is C16H25NO2S. The average molecular weight is 295 g/mol. The molecular weight excluding hydrogens is 270 g/mol. The maximum Gasteiger partial charge on any atom is 0.0951 e. The van der Waals surface area contributed by atoms with Crippen LogP contribution in [0.4, 0.5) is 0 Å². The second kappa shape index (κ2) is 6.14. The van der Waals surface area contributed by atoms with Crippen LogP contribution in [0.2, 0.25) is 0 Å². The van der Waals surface area contributed by atoms with Gasteiger partial charge < -0.3 is 14.8 Å². The minimum absolute atomic E-state index is 0.00908. The van der Waals surface area contributed by atoms with Gasteiger partial charge in [-0.3, -0.25) is 0 Å². The molecule has 2 saturated heterocycles. The zero-order chi connectivity index (χ0) is 14.0. The van der Waals surface area contributed by atoms with Crippen LogP contribution in [0.25, 0.3) is 0 Å². The van der Waals surface area contributed by atoms with Crippen molar-refractivity contribution in [2.24, 2.45) is 0 Å². The Morgan fingerprint density at radius 1 is 1.45 bits per heavy atom. The van der Waals surface area contributed by atoms with Crippen molar-refractivity contribution in [2.75, 3.05) is 19.8 Å². The summed E-state index contributed by atoms with van der Waals surface area (Å²) in [5.41, 5.74) is 0.00908. The van der Waals surface area contributed by atoms with Crippen LogP contribution in [0, 0.1) is 6.92 Å². The largest absolute Gasteiger partial charge is 0.378 e. The lowest BCUT2D eigenvalue weighted by Crippen LogP contribution is -2.49. The summed E-state index contributed by atoms with van der Waals surface area (Å²) in [7, 11) is 0. The molecule has 3 heterocycles. The highest BCUT2D eigenvalue weighted by atomic mass is 32.1. The van der Waals surface area contributed by atoms with E-state index in [1.165, 1.54) is 9.75 Å². The molecule has 3 unspecified atom stereocenters. The first-order valence-electron chi connectivity index (χ1n) is 7.68. The van der Waals surface area contributed by atoms with E-state index >= 15 is 0 Å². The van der Waals surface area contributed by atoms with E-state index in [-0.39, 0.29) is 5.60 Å². The molecule has 0 amide bonds. The molecule has 3 atom stereocenters. The van der Waals surface area contributed by atoms with Gasteiger partial charge in [-0.1, -0.05) is 0 Å². The van der Waals surface area contributed by atoms with E-state index in [1.807, 2.05) is 11.3 Å². The molecule has 0 aliphatic carbocycles. The van der Waals surface area contributed by atoms with E-state index in [4.69, 9.17) is 9.47 Å². The molecule has 2 aliphatic heterocycles. The second-order valence-corrected chi connectivity index (χ2v) is 7.68. The summed E-state index contributed by atoms with van der Waals surface area (Å²) in [6, 6.07) is 5.57. The van der Waals surface area contributed by atoms with Gasteiger partial charge in [0.05, 0.1) is 12.2 Å². The second-order valence-electron chi connectivity index (χ2n) is 6.31. The molecule has 2 aliphatic rings. The molecule has 3 rings (SSSR count). The lowest BCUT2D eigenvalue weighted by molar-refractivity contribution is -0.0901. The van der Waals surface area contributed by atoms with E-state index in [0.717, 1.165) is 45.5 Å². The fraction of sp³-hybridized carbons (Fsp3) is 0.750. The minimum Gasteiger partial charge on any atom is -0.378 e. The smallest absolute Gasteiger partial charge is 0.0951 e. The van der Waals surface area contributed by atoms with E-state index in [2.05, 4.69) is 31.3 Å². The highest BCUT2D eigenvalue weighted by Crippen LogP contribution is 2.33. The van der Waals surface area contributed by atoms with Gasteiger partial charge in [-0.05, 0) is 45.2 Å². The highest BCUT2D eigenvalue weighted by molar-refractivity contribution is 7.11. The molecule has 20 heavy (non-hydrogen) atoms. The zero-order valence-corrected chi connectivity index (χ0v) is 13.3. The van der Waals surface area contributed by atoms with Crippen molar-refractivity contribution in [1.82, 2.24) is 5.32 Å². The summed E-state index contributed by atoms with van der Waals surface area (Å²) in [4.78, 5) is 2.88. The molecule has 1 aromatic rings. The van der Waals surface area contributed by atoms with Crippen molar-refractivity contribution in [3.05, 3.63) is 21.9 Å². The van der Waals surface area contributed by atoms with Crippen LogP contribution in [0.3, 0.4) is 0 Å². The normalized spacial score (nSPS) is 31.8. The molecule has 1 spiro atoms. The Bertz CT molecular complexity index is 439. The van der Waals surface area contributed by atoms with E-state index < -0.39 is 0 Å². The number of rotatable bonds is 4. The lowest BCUT2D eigenvalue weighted by atomic mass is 9.89. The first kappa shape index (κ1) is 14.5. The molecule has 0 saturated carbocycles. The van der Waals surface area contributed by atoms with Crippen LogP contribution in [0.15, 0.2) is 12.1 Å². The standard InChI is InChI=1S/C16H25NO2S/c1-12(9-15-4-3-13(2)20-15)17-14-5-7-19-16(10-14)6-8-18-11-16/h3-4,12,14,17H,5-11H2,1-2H3. The third-order valence-corrected chi connectivity index (χ3v) is 5.41. The quantitative estimate of drug-likeness (QED) is 0.926. The van der Waals surface area contributed by atoms with Crippen molar-refractivity contribution in [3.8, 4) is 0 Å². The molecule has 112 valence electrons. The lowest BCUT2D eigenvalue weighted by Gasteiger charge is -2.38. The molecule has 0 bridgehead atoms. The van der Waals surface area contributed by atoms with Crippen LogP contribution in [0.5, 0.6) is 0 Å². The summed E-state index contributed by atoms with van der Waals surface area (Å²) >= 11 is 1.91. The van der Waals surface area contributed by atoms with Gasteiger partial charge in [-0.15, -0.1) is 11.3 Å². The van der Waals surface area contributed by atoms with E-state index in [9.17, 15) is 0 Å². The van der Waals surface area contributed by atoms with Crippen LogP contribution >= 0.6 is 11.3 Å². The van der Waals surface area contributed by atoms with Gasteiger partial charge in [0.2, 0.25) is 0 Å². The van der Waals surface area contributed by atoms with E-state index in [1.54, 1.807) is 0 Å². The Hall–Kier alpha value is -0.420. The van der Waals surface area contributed by atoms with Crippen LogP contribution < -0.4 is 5.32 Å². The van der Waals surface area contributed by atoms with Crippen LogP contribution in [-0.2, 0) is 15.9 Å². The van der Waals surface area contributed by atoms with Crippen LogP contribution in [-0.4, -0.2) is 37.5 Å². The maximum absolute atomic E-state index is 6.00. The highest BCUT2D eigenvalue weighted by Gasteiger charge is 2.41. The zero-order valence-electron chi connectivity index (χ0n) is 12.5. The van der Waals surface area contributed by atoms with Crippen molar-refractivity contribution in [3.63, 3.8) is 0 Å². The fourth-order valence-corrected chi connectivity index (χ4v) is 4.41. The van der Waals surface area contributed by atoms with Crippen molar-refractivity contribution in [1.29, 1.82) is 0 Å². The number of hydrogen-bond donors (Lipinski definition) is 1. The summed E-state index contributed by atoms with van der Waals surface area (Å²) < 4.78 is 11.5. The first-order chi connectivity index (χ1) is 9.65. The predicted octanol–water partition coefficient (Wildman–Crippen LogP) is 2.92. The van der Waals surface area contributed by atoms with Crippen molar-refractivity contribution in [2.45, 2.75) is 57.2 Å². The van der Waals surface area contributed by atoms with Gasteiger partial charge in [0.1, 0.15) is 0 Å². The van der Waals surface area contributed by atoms with Gasteiger partial charge in [0.15, 0.2) is 0 Å². The predicted molar refractivity (Wildman–Crippen MR) is 82.5 cm³/mol. The van der Waals surface area contributed by atoms with Gasteiger partial charge in [0, 0.05) is 41.5 Å². The fourth-order valence-electron chi connectivity index (χ4n) is 3.39. The molecule has 1 aromatic heterocycles. The molecule has 0 aromatic carbocycles. The summed E-state index contributed by atoms with van der Waals surface area (Å²) in [6.45, 7) is 6.98. The summed E-state index contributed by atoms with van der Waals surface area (Å²) in [5, 5.41) is 3.80. The number of hydrogen-bond acceptors (Lipinski definition) is 4. The SMILES string of the molecule is Cc1ccc(CC(C)NC2CCOC3(CCOC3)C2)s1. The third-order valence-electron chi connectivity index (χ3n) is 4.38. The van der Waals surface area contributed by atoms with Crippen molar-refractivity contribution >= 4 is 11.3 Å². The number of nitrogens with one attached hydrogen (secondary N) is 1. The Morgan fingerprint density at radius 3 is 3.05 bits per heavy atom. The topological polar surface area (TPSA) is 30.5 Å². The Morgan fingerprint density at radius 2 is 2.35 bits per heavy atom. The number of aryl methyl sites for hydroxylation is 1. The molecule has 2 fully saturated rings. The number of thiophene rings is 1. The molecule has 0 radical (unpaired) electrons. The summed E-state index contributed by atoms with van der Waals surface area (Å²) in [5.74, 6) is 0. The van der Waals surface area contributed by atoms with Gasteiger partial charge >= 0.3 is 0 Å². The average Bonchev–Trinajstić information content (AvgIpc) is 2.99. The molecule has 4 heteroatoms. The Labute approximate surface area is 125 Å². The Kier molecular flexibility index (Phi) is 4.46. The van der Waals surface area contributed by atoms with Crippen molar-refractivity contribution < 1.29 is 9.47 Å². The molecule has 3 nitrogen and oxygen atoms in total. The summed E-state index contributed by atoms with van der Waals surface area (Å²) in [6.07, 6.45) is 4.40. The Balaban J connectivity index is 1.51. The minimum atomic E-state index is 0.00908. The van der Waals surface area contributed by atoms with Gasteiger partial charge in [0.25, 0.3) is 0 Å². The monoisotopic (exact) mass is 295 g/mol.